The van der Waals surface area contributed by atoms with Gasteiger partial charge in [0, 0.05) is 61.5 Å². The molecule has 2 amide bonds. The quantitative estimate of drug-likeness (QED) is 0.262. The summed E-state index contributed by atoms with van der Waals surface area (Å²) < 4.78 is 5.58. The van der Waals surface area contributed by atoms with Crippen molar-refractivity contribution in [3.05, 3.63) is 76.8 Å². The monoisotopic (exact) mass is 672 g/mol. The largest absolute Gasteiger partial charge is 0.444 e. The Morgan fingerprint density at radius 2 is 1.48 bits per heavy atom. The van der Waals surface area contributed by atoms with Crippen LogP contribution in [0.3, 0.4) is 0 Å². The molecule has 2 saturated heterocycles. The third-order valence-electron chi connectivity index (χ3n) is 9.69. The van der Waals surface area contributed by atoms with Crippen molar-refractivity contribution in [2.24, 2.45) is 11.3 Å². The highest BCUT2D eigenvalue weighted by molar-refractivity contribution is 7.13. The van der Waals surface area contributed by atoms with E-state index in [0.29, 0.717) is 26.1 Å². The van der Waals surface area contributed by atoms with Gasteiger partial charge in [0.2, 0.25) is 5.91 Å². The number of piperidine rings is 1. The van der Waals surface area contributed by atoms with Gasteiger partial charge in [0.15, 0.2) is 0 Å². The summed E-state index contributed by atoms with van der Waals surface area (Å²) in [6.07, 6.45) is 1.94. The van der Waals surface area contributed by atoms with Gasteiger partial charge in [-0.25, -0.2) is 9.78 Å². The first kappa shape index (κ1) is 36.1. The van der Waals surface area contributed by atoms with Gasteiger partial charge in [-0.15, -0.1) is 11.3 Å². The topological polar surface area (TPSA) is 66.0 Å². The Balaban J connectivity index is 1.30. The molecule has 3 heterocycles. The lowest BCUT2D eigenvalue weighted by Crippen LogP contribution is -2.60. The van der Waals surface area contributed by atoms with Crippen molar-refractivity contribution < 1.29 is 14.3 Å². The van der Waals surface area contributed by atoms with Crippen LogP contribution in [0, 0.1) is 11.3 Å². The molecule has 2 fully saturated rings. The number of thiazole rings is 1. The molecule has 0 N–H and O–H groups in total. The van der Waals surface area contributed by atoms with E-state index >= 15 is 0 Å². The van der Waals surface area contributed by atoms with Crippen LogP contribution in [0.25, 0.3) is 10.6 Å². The number of aromatic nitrogens is 1. The van der Waals surface area contributed by atoms with Crippen molar-refractivity contribution in [1.29, 1.82) is 0 Å². The molecular weight excluding hydrogens is 617 g/mol. The van der Waals surface area contributed by atoms with E-state index < -0.39 is 5.60 Å². The molecule has 0 spiro atoms. The van der Waals surface area contributed by atoms with Crippen LogP contribution in [0.2, 0.25) is 0 Å². The van der Waals surface area contributed by atoms with Crippen molar-refractivity contribution in [3.8, 4) is 10.6 Å². The van der Waals surface area contributed by atoms with Crippen molar-refractivity contribution in [2.75, 3.05) is 32.7 Å². The molecule has 2 aliphatic heterocycles. The smallest absolute Gasteiger partial charge is 0.410 e. The zero-order valence-corrected chi connectivity index (χ0v) is 31.4. The number of amides is 2. The zero-order valence-electron chi connectivity index (χ0n) is 30.6. The Kier molecular flexibility index (Phi) is 10.8. The predicted molar refractivity (Wildman–Crippen MR) is 196 cm³/mol. The van der Waals surface area contributed by atoms with Crippen molar-refractivity contribution in [1.82, 2.24) is 19.7 Å². The molecule has 2 unspecified atom stereocenters. The number of nitrogens with zero attached hydrogens (tertiary/aromatic N) is 4. The first-order valence-corrected chi connectivity index (χ1v) is 18.5. The number of benzene rings is 2. The number of carbonyl (C=O) groups excluding carboxylic acids is 2. The van der Waals surface area contributed by atoms with Gasteiger partial charge >= 0.3 is 6.09 Å². The summed E-state index contributed by atoms with van der Waals surface area (Å²) in [6, 6.07) is 19.9. The maximum atomic E-state index is 14.0. The molecular formula is C40H56N4O3S. The maximum Gasteiger partial charge on any atom is 0.410 e. The van der Waals surface area contributed by atoms with Crippen molar-refractivity contribution >= 4 is 23.3 Å². The minimum Gasteiger partial charge on any atom is -0.444 e. The normalized spacial score (nSPS) is 19.3. The number of hydrogen-bond donors (Lipinski definition) is 0. The molecule has 260 valence electrons. The van der Waals surface area contributed by atoms with Gasteiger partial charge in [-0.3, -0.25) is 9.69 Å². The van der Waals surface area contributed by atoms with Crippen LogP contribution in [0.15, 0.2) is 60.0 Å². The highest BCUT2D eigenvalue weighted by Gasteiger charge is 2.41. The van der Waals surface area contributed by atoms with Crippen LogP contribution in [0.4, 0.5) is 4.79 Å². The van der Waals surface area contributed by atoms with E-state index in [-0.39, 0.29) is 40.8 Å². The highest BCUT2D eigenvalue weighted by atomic mass is 32.1. The Morgan fingerprint density at radius 1 is 0.854 bits per heavy atom. The number of piperazine rings is 1. The Bertz CT molecular complexity index is 1520. The van der Waals surface area contributed by atoms with Gasteiger partial charge in [0.25, 0.3) is 0 Å². The van der Waals surface area contributed by atoms with E-state index in [1.165, 1.54) is 11.1 Å². The van der Waals surface area contributed by atoms with Crippen LogP contribution in [-0.2, 0) is 14.9 Å². The molecule has 1 aromatic heterocycles. The third kappa shape index (κ3) is 8.86. The number of likely N-dealkylation sites (tertiary alicyclic amines) is 1. The summed E-state index contributed by atoms with van der Waals surface area (Å²) in [6.45, 7) is 22.7. The molecule has 0 aliphatic carbocycles. The number of ether oxygens (including phenoxy) is 1. The second kappa shape index (κ2) is 14.3. The second-order valence-corrected chi connectivity index (χ2v) is 17.7. The first-order chi connectivity index (χ1) is 22.5. The molecule has 48 heavy (non-hydrogen) atoms. The summed E-state index contributed by atoms with van der Waals surface area (Å²) in [5.41, 5.74) is 4.22. The van der Waals surface area contributed by atoms with E-state index in [0.717, 1.165) is 42.2 Å². The standard InChI is InChI=1S/C40H56N4O3S/c1-38(2,3)32-27-48-36(41-32)31-17-15-30(16-18-31)35(29-13-11-10-12-14-29)43-23-24-44(33(26-43)39(4,5)6)34(45)25-28-19-21-42(22-20-28)37(46)47-40(7,8)9/h10-18,27-28,33,35H,19-26H2,1-9H3. The summed E-state index contributed by atoms with van der Waals surface area (Å²) in [4.78, 5) is 38.0. The van der Waals surface area contributed by atoms with Gasteiger partial charge in [-0.1, -0.05) is 96.1 Å². The summed E-state index contributed by atoms with van der Waals surface area (Å²) >= 11 is 1.71. The minimum absolute atomic E-state index is 0.0274. The number of rotatable bonds is 6. The molecule has 7 nitrogen and oxygen atoms in total. The molecule has 2 atom stereocenters. The number of hydrogen-bond acceptors (Lipinski definition) is 6. The average molecular weight is 673 g/mol. The second-order valence-electron chi connectivity index (χ2n) is 16.8. The van der Waals surface area contributed by atoms with Gasteiger partial charge in [0.1, 0.15) is 10.6 Å². The molecule has 2 aromatic carbocycles. The molecule has 3 aromatic rings. The van der Waals surface area contributed by atoms with Gasteiger partial charge < -0.3 is 14.5 Å². The lowest BCUT2D eigenvalue weighted by Gasteiger charge is -2.50. The predicted octanol–water partition coefficient (Wildman–Crippen LogP) is 8.79. The van der Waals surface area contributed by atoms with Crippen LogP contribution in [-0.4, -0.2) is 76.1 Å². The van der Waals surface area contributed by atoms with Gasteiger partial charge in [-0.05, 0) is 56.1 Å². The van der Waals surface area contributed by atoms with Crippen molar-refractivity contribution in [3.63, 3.8) is 0 Å². The average Bonchev–Trinajstić information content (AvgIpc) is 3.53. The first-order valence-electron chi connectivity index (χ1n) is 17.6. The van der Waals surface area contributed by atoms with E-state index in [9.17, 15) is 9.59 Å². The summed E-state index contributed by atoms with van der Waals surface area (Å²) in [5, 5.41) is 3.23. The van der Waals surface area contributed by atoms with E-state index in [1.807, 2.05) is 20.8 Å². The minimum atomic E-state index is -0.505. The fraction of sp³-hybridized carbons (Fsp3) is 0.575. The highest BCUT2D eigenvalue weighted by Crippen LogP contribution is 2.37. The summed E-state index contributed by atoms with van der Waals surface area (Å²) in [5.74, 6) is 0.520. The van der Waals surface area contributed by atoms with Gasteiger partial charge in [-0.2, -0.15) is 0 Å². The maximum absolute atomic E-state index is 14.0. The van der Waals surface area contributed by atoms with E-state index in [4.69, 9.17) is 9.72 Å². The Hall–Kier alpha value is -3.23. The third-order valence-corrected chi connectivity index (χ3v) is 10.6. The fourth-order valence-corrected chi connectivity index (χ4v) is 7.95. The number of carbonyl (C=O) groups is 2. The molecule has 0 saturated carbocycles. The van der Waals surface area contributed by atoms with Crippen LogP contribution in [0.5, 0.6) is 0 Å². The van der Waals surface area contributed by atoms with E-state index in [1.54, 1.807) is 16.2 Å². The van der Waals surface area contributed by atoms with Crippen molar-refractivity contribution in [2.45, 2.75) is 105 Å². The van der Waals surface area contributed by atoms with Crippen LogP contribution < -0.4 is 0 Å². The molecule has 0 radical (unpaired) electrons. The van der Waals surface area contributed by atoms with Crippen LogP contribution in [0.1, 0.15) is 104 Å². The lowest BCUT2D eigenvalue weighted by atomic mass is 9.82. The fourth-order valence-electron chi connectivity index (χ4n) is 6.90. The van der Waals surface area contributed by atoms with Gasteiger partial charge in [0.05, 0.1) is 11.7 Å². The summed E-state index contributed by atoms with van der Waals surface area (Å²) in [7, 11) is 0. The van der Waals surface area contributed by atoms with E-state index in [2.05, 4.69) is 111 Å². The molecule has 5 rings (SSSR count). The lowest BCUT2D eigenvalue weighted by molar-refractivity contribution is -0.141. The Labute approximate surface area is 292 Å². The molecule has 2 aliphatic rings. The Morgan fingerprint density at radius 3 is 2.04 bits per heavy atom. The zero-order chi connectivity index (χ0) is 34.9. The molecule has 0 bridgehead atoms. The SMILES string of the molecule is CC(C)(C)OC(=O)N1CCC(CC(=O)N2CCN(C(c3ccccc3)c3ccc(-c4nc(C(C)(C)C)cs4)cc3)CC2C(C)(C)C)CC1. The van der Waals surface area contributed by atoms with Crippen LogP contribution >= 0.6 is 11.3 Å². The molecule has 8 heteroatoms.